The van der Waals surface area contributed by atoms with Gasteiger partial charge in [-0.05, 0) is 30.2 Å². The van der Waals surface area contributed by atoms with E-state index in [4.69, 9.17) is 11.6 Å². The Kier molecular flexibility index (Phi) is 3.26. The van der Waals surface area contributed by atoms with Crippen molar-refractivity contribution in [3.8, 4) is 11.3 Å². The van der Waals surface area contributed by atoms with Crippen LogP contribution in [-0.4, -0.2) is 9.97 Å². The highest BCUT2D eigenvalue weighted by Crippen LogP contribution is 2.37. The summed E-state index contributed by atoms with van der Waals surface area (Å²) in [6.07, 6.45) is -3.03. The van der Waals surface area contributed by atoms with Crippen molar-refractivity contribution in [1.29, 1.82) is 0 Å². The second-order valence-electron chi connectivity index (χ2n) is 3.71. The fourth-order valence-corrected chi connectivity index (χ4v) is 1.76. The highest BCUT2D eigenvalue weighted by atomic mass is 35.5. The van der Waals surface area contributed by atoms with Gasteiger partial charge in [0.25, 0.3) is 0 Å². The third kappa shape index (κ3) is 2.46. The molecule has 0 fully saturated rings. The zero-order valence-electron chi connectivity index (χ0n) is 9.29. The molecule has 0 N–H and O–H groups in total. The van der Waals surface area contributed by atoms with Crippen LogP contribution in [0.3, 0.4) is 0 Å². The van der Waals surface area contributed by atoms with Gasteiger partial charge in [0.15, 0.2) is 0 Å². The van der Waals surface area contributed by atoms with Gasteiger partial charge in [0, 0.05) is 11.8 Å². The van der Waals surface area contributed by atoms with E-state index in [0.29, 0.717) is 5.56 Å². The molecule has 94 valence electrons. The Morgan fingerprint density at radius 3 is 2.50 bits per heavy atom. The lowest BCUT2D eigenvalue weighted by atomic mass is 10.0. The maximum absolute atomic E-state index is 12.9. The van der Waals surface area contributed by atoms with Gasteiger partial charge in [0.1, 0.15) is 0 Å². The van der Waals surface area contributed by atoms with Gasteiger partial charge >= 0.3 is 6.18 Å². The lowest BCUT2D eigenvalue weighted by molar-refractivity contribution is -0.137. The topological polar surface area (TPSA) is 25.8 Å². The van der Waals surface area contributed by atoms with Crippen LogP contribution in [0, 0.1) is 6.92 Å². The van der Waals surface area contributed by atoms with Crippen LogP contribution in [0.4, 0.5) is 13.2 Å². The quantitative estimate of drug-likeness (QED) is 0.730. The molecule has 0 bridgehead atoms. The van der Waals surface area contributed by atoms with E-state index in [9.17, 15) is 13.2 Å². The number of halogens is 4. The maximum atomic E-state index is 12.9. The molecule has 6 heteroatoms. The normalized spacial score (nSPS) is 11.6. The van der Waals surface area contributed by atoms with E-state index in [1.807, 2.05) is 0 Å². The van der Waals surface area contributed by atoms with E-state index in [-0.39, 0.29) is 16.5 Å². The lowest BCUT2D eigenvalue weighted by Gasteiger charge is -2.13. The van der Waals surface area contributed by atoms with Crippen LogP contribution >= 0.6 is 11.6 Å². The summed E-state index contributed by atoms with van der Waals surface area (Å²) in [5.41, 5.74) is 0.00805. The van der Waals surface area contributed by atoms with Crippen LogP contribution in [0.2, 0.25) is 5.28 Å². The molecule has 2 nitrogen and oxygen atoms in total. The lowest BCUT2D eigenvalue weighted by Crippen LogP contribution is -2.08. The minimum atomic E-state index is -4.43. The molecule has 2 rings (SSSR count). The highest BCUT2D eigenvalue weighted by Gasteiger charge is 2.34. The fraction of sp³-hybridized carbons (Fsp3) is 0.167. The standard InChI is InChI=1S/C12H8ClF3N2/c1-7-6-17-11(13)18-10(7)8-4-2-3-5-9(8)12(14,15)16/h2-6H,1H3. The zero-order chi connectivity index (χ0) is 13.3. The number of hydrogen-bond donors (Lipinski definition) is 0. The molecule has 18 heavy (non-hydrogen) atoms. The van der Waals surface area contributed by atoms with Crippen molar-refractivity contribution >= 4 is 11.6 Å². The number of rotatable bonds is 1. The molecule has 0 saturated heterocycles. The van der Waals surface area contributed by atoms with E-state index in [0.717, 1.165) is 6.07 Å². The van der Waals surface area contributed by atoms with Gasteiger partial charge in [0.05, 0.1) is 11.3 Å². The van der Waals surface area contributed by atoms with Crippen molar-refractivity contribution < 1.29 is 13.2 Å². The summed E-state index contributed by atoms with van der Waals surface area (Å²) >= 11 is 5.63. The molecule has 0 saturated carbocycles. The summed E-state index contributed by atoms with van der Waals surface area (Å²) in [7, 11) is 0. The molecule has 0 atom stereocenters. The molecule has 1 aromatic carbocycles. The molecule has 0 spiro atoms. The van der Waals surface area contributed by atoms with Gasteiger partial charge in [-0.3, -0.25) is 0 Å². The van der Waals surface area contributed by atoms with Crippen molar-refractivity contribution in [3.63, 3.8) is 0 Å². The summed E-state index contributed by atoms with van der Waals surface area (Å²) in [5, 5.41) is -0.0763. The van der Waals surface area contributed by atoms with E-state index >= 15 is 0 Å². The van der Waals surface area contributed by atoms with Gasteiger partial charge < -0.3 is 0 Å². The highest BCUT2D eigenvalue weighted by molar-refractivity contribution is 6.28. The average molecular weight is 273 g/mol. The third-order valence-electron chi connectivity index (χ3n) is 2.43. The summed E-state index contributed by atoms with van der Waals surface area (Å²) < 4.78 is 38.7. The molecule has 0 aliphatic carbocycles. The molecule has 0 radical (unpaired) electrons. The second-order valence-corrected chi connectivity index (χ2v) is 4.05. The van der Waals surface area contributed by atoms with Crippen molar-refractivity contribution in [1.82, 2.24) is 9.97 Å². The number of aryl methyl sites for hydroxylation is 1. The van der Waals surface area contributed by atoms with E-state index in [1.54, 1.807) is 6.92 Å². The minimum absolute atomic E-state index is 0.00630. The Bertz CT molecular complexity index is 582. The van der Waals surface area contributed by atoms with Gasteiger partial charge in [-0.15, -0.1) is 0 Å². The van der Waals surface area contributed by atoms with Crippen LogP contribution in [0.25, 0.3) is 11.3 Å². The van der Waals surface area contributed by atoms with Crippen LogP contribution in [0.1, 0.15) is 11.1 Å². The molecule has 0 amide bonds. The summed E-state index contributed by atoms with van der Waals surface area (Å²) in [4.78, 5) is 7.60. The first-order valence-electron chi connectivity index (χ1n) is 5.05. The van der Waals surface area contributed by atoms with Gasteiger partial charge in [-0.1, -0.05) is 18.2 Å². The molecular formula is C12H8ClF3N2. The van der Waals surface area contributed by atoms with Gasteiger partial charge in [0.2, 0.25) is 5.28 Å². The molecule has 0 unspecified atom stereocenters. The first-order chi connectivity index (χ1) is 8.39. The number of alkyl halides is 3. The first-order valence-corrected chi connectivity index (χ1v) is 5.43. The maximum Gasteiger partial charge on any atom is 0.417 e. The largest absolute Gasteiger partial charge is 0.417 e. The van der Waals surface area contributed by atoms with Crippen LogP contribution < -0.4 is 0 Å². The van der Waals surface area contributed by atoms with Gasteiger partial charge in [-0.25, -0.2) is 9.97 Å². The smallest absolute Gasteiger partial charge is 0.226 e. The number of aromatic nitrogens is 2. The molecule has 2 aromatic rings. The van der Waals surface area contributed by atoms with Crippen LogP contribution in [0.15, 0.2) is 30.5 Å². The fourth-order valence-electron chi connectivity index (χ4n) is 1.63. The Hall–Kier alpha value is -1.62. The summed E-state index contributed by atoms with van der Waals surface area (Å²) in [6.45, 7) is 1.64. The molecule has 0 aliphatic heterocycles. The monoisotopic (exact) mass is 272 g/mol. The van der Waals surface area contributed by atoms with Gasteiger partial charge in [-0.2, -0.15) is 13.2 Å². The number of hydrogen-bond acceptors (Lipinski definition) is 2. The SMILES string of the molecule is Cc1cnc(Cl)nc1-c1ccccc1C(F)(F)F. The first kappa shape index (κ1) is 12.8. The zero-order valence-corrected chi connectivity index (χ0v) is 10.0. The average Bonchev–Trinajstić information content (AvgIpc) is 2.31. The van der Waals surface area contributed by atoms with Crippen LogP contribution in [-0.2, 0) is 6.18 Å². The second kappa shape index (κ2) is 4.57. The van der Waals surface area contributed by atoms with Crippen molar-refractivity contribution in [2.45, 2.75) is 13.1 Å². The Morgan fingerprint density at radius 1 is 1.17 bits per heavy atom. The summed E-state index contributed by atoms with van der Waals surface area (Å²) in [5.74, 6) is 0. The third-order valence-corrected chi connectivity index (χ3v) is 2.61. The molecule has 0 aliphatic rings. The molecular weight excluding hydrogens is 265 g/mol. The van der Waals surface area contributed by atoms with Crippen molar-refractivity contribution in [2.75, 3.05) is 0 Å². The van der Waals surface area contributed by atoms with E-state index in [1.165, 1.54) is 24.4 Å². The van der Waals surface area contributed by atoms with E-state index < -0.39 is 11.7 Å². The predicted molar refractivity (Wildman–Crippen MR) is 62.2 cm³/mol. The number of nitrogens with zero attached hydrogens (tertiary/aromatic N) is 2. The Balaban J connectivity index is 2.68. The van der Waals surface area contributed by atoms with Crippen molar-refractivity contribution in [3.05, 3.63) is 46.9 Å². The van der Waals surface area contributed by atoms with Crippen molar-refractivity contribution in [2.24, 2.45) is 0 Å². The Labute approximate surface area is 106 Å². The predicted octanol–water partition coefficient (Wildman–Crippen LogP) is 4.12. The molecule has 1 aromatic heterocycles. The Morgan fingerprint density at radius 2 is 1.83 bits per heavy atom. The minimum Gasteiger partial charge on any atom is -0.226 e. The number of benzene rings is 1. The van der Waals surface area contributed by atoms with E-state index in [2.05, 4.69) is 9.97 Å². The summed E-state index contributed by atoms with van der Waals surface area (Å²) in [6, 6.07) is 5.25. The molecule has 1 heterocycles. The van der Waals surface area contributed by atoms with Crippen LogP contribution in [0.5, 0.6) is 0 Å².